The van der Waals surface area contributed by atoms with Gasteiger partial charge in [0.15, 0.2) is 5.69 Å². The molecule has 0 aliphatic rings. The van der Waals surface area contributed by atoms with Crippen LogP contribution >= 0.6 is 0 Å². The zero-order valence-electron chi connectivity index (χ0n) is 12.2. The maximum atomic E-state index is 11.7. The number of anilines is 1. The van der Waals surface area contributed by atoms with Gasteiger partial charge in [-0.2, -0.15) is 0 Å². The number of nitrogens with zero attached hydrogens (tertiary/aromatic N) is 2. The number of benzene rings is 1. The van der Waals surface area contributed by atoms with E-state index in [2.05, 4.69) is 11.9 Å². The van der Waals surface area contributed by atoms with Crippen LogP contribution in [0.15, 0.2) is 30.6 Å². The molecule has 2 rings (SSSR count). The summed E-state index contributed by atoms with van der Waals surface area (Å²) in [5, 5.41) is 0. The molecule has 0 fully saturated rings. The Morgan fingerprint density at radius 1 is 1.29 bits per heavy atom. The highest BCUT2D eigenvalue weighted by Gasteiger charge is 2.17. The van der Waals surface area contributed by atoms with Gasteiger partial charge in [-0.25, -0.2) is 9.78 Å². The van der Waals surface area contributed by atoms with Gasteiger partial charge in [-0.1, -0.05) is 6.92 Å². The SMILES string of the molecule is CCCOc1ccc(-n2cnc(C(=O)OCC)c2N)cc1. The Bertz CT molecular complexity index is 605. The van der Waals surface area contributed by atoms with Gasteiger partial charge >= 0.3 is 5.97 Å². The number of carbonyl (C=O) groups is 1. The molecule has 0 bridgehead atoms. The molecule has 21 heavy (non-hydrogen) atoms. The van der Waals surface area contributed by atoms with Gasteiger partial charge in [0.05, 0.1) is 13.2 Å². The fraction of sp³-hybridized carbons (Fsp3) is 0.333. The first-order chi connectivity index (χ1) is 10.2. The normalized spacial score (nSPS) is 10.4. The van der Waals surface area contributed by atoms with Gasteiger partial charge < -0.3 is 15.2 Å². The van der Waals surface area contributed by atoms with E-state index in [9.17, 15) is 4.79 Å². The van der Waals surface area contributed by atoms with Crippen LogP contribution in [0.1, 0.15) is 30.8 Å². The molecule has 0 aliphatic carbocycles. The fourth-order valence-corrected chi connectivity index (χ4v) is 1.84. The van der Waals surface area contributed by atoms with Crippen molar-refractivity contribution in [3.8, 4) is 11.4 Å². The standard InChI is InChI=1S/C15H19N3O3/c1-3-9-21-12-7-5-11(6-8-12)18-10-17-13(14(18)16)15(19)20-4-2/h5-8,10H,3-4,9,16H2,1-2H3. The lowest BCUT2D eigenvalue weighted by atomic mass is 10.3. The zero-order chi connectivity index (χ0) is 15.2. The molecule has 0 spiro atoms. The van der Waals surface area contributed by atoms with Crippen molar-refractivity contribution in [1.82, 2.24) is 9.55 Å². The highest BCUT2D eigenvalue weighted by atomic mass is 16.5. The molecule has 1 aromatic carbocycles. The van der Waals surface area contributed by atoms with E-state index < -0.39 is 5.97 Å². The van der Waals surface area contributed by atoms with Crippen LogP contribution < -0.4 is 10.5 Å². The van der Waals surface area contributed by atoms with Gasteiger partial charge in [0.2, 0.25) is 0 Å². The summed E-state index contributed by atoms with van der Waals surface area (Å²) in [5.74, 6) is 0.539. The Kier molecular flexibility index (Phi) is 4.81. The molecule has 2 N–H and O–H groups in total. The molecule has 0 saturated heterocycles. The van der Waals surface area contributed by atoms with E-state index in [-0.39, 0.29) is 18.1 Å². The first-order valence-corrected chi connectivity index (χ1v) is 6.90. The number of rotatable bonds is 6. The average Bonchev–Trinajstić information content (AvgIpc) is 2.88. The van der Waals surface area contributed by atoms with Crippen molar-refractivity contribution in [3.05, 3.63) is 36.3 Å². The topological polar surface area (TPSA) is 79.4 Å². The van der Waals surface area contributed by atoms with E-state index in [1.54, 1.807) is 11.5 Å². The third-order valence-electron chi connectivity index (χ3n) is 2.86. The van der Waals surface area contributed by atoms with Crippen LogP contribution in [-0.2, 0) is 4.74 Å². The number of hydrogen-bond acceptors (Lipinski definition) is 5. The van der Waals surface area contributed by atoms with Crippen LogP contribution in [0.25, 0.3) is 5.69 Å². The zero-order valence-corrected chi connectivity index (χ0v) is 12.2. The van der Waals surface area contributed by atoms with Gasteiger partial charge in [0, 0.05) is 5.69 Å². The highest BCUT2D eigenvalue weighted by Crippen LogP contribution is 2.20. The van der Waals surface area contributed by atoms with Gasteiger partial charge in [0.25, 0.3) is 0 Å². The summed E-state index contributed by atoms with van der Waals surface area (Å²) in [4.78, 5) is 15.7. The monoisotopic (exact) mass is 289 g/mol. The number of nitrogens with two attached hydrogens (primary N) is 1. The lowest BCUT2D eigenvalue weighted by Gasteiger charge is -2.08. The first-order valence-electron chi connectivity index (χ1n) is 6.90. The summed E-state index contributed by atoms with van der Waals surface area (Å²) >= 11 is 0. The Labute approximate surface area is 123 Å². The van der Waals surface area contributed by atoms with Crippen LogP contribution in [0.4, 0.5) is 5.82 Å². The van der Waals surface area contributed by atoms with Gasteiger partial charge in [-0.15, -0.1) is 0 Å². The number of nitrogen functional groups attached to an aromatic ring is 1. The summed E-state index contributed by atoms with van der Waals surface area (Å²) in [6.45, 7) is 4.76. The van der Waals surface area contributed by atoms with Crippen LogP contribution in [-0.4, -0.2) is 28.7 Å². The number of esters is 1. The minimum atomic E-state index is -0.517. The summed E-state index contributed by atoms with van der Waals surface area (Å²) in [6, 6.07) is 7.43. The smallest absolute Gasteiger partial charge is 0.360 e. The van der Waals surface area contributed by atoms with Crippen molar-refractivity contribution >= 4 is 11.8 Å². The summed E-state index contributed by atoms with van der Waals surface area (Å²) in [5.41, 5.74) is 6.89. The molecule has 0 amide bonds. The Hall–Kier alpha value is -2.50. The van der Waals surface area contributed by atoms with E-state index in [1.807, 2.05) is 24.3 Å². The van der Waals surface area contributed by atoms with E-state index in [4.69, 9.17) is 15.2 Å². The lowest BCUT2D eigenvalue weighted by molar-refractivity contribution is 0.0521. The molecule has 2 aromatic rings. The van der Waals surface area contributed by atoms with E-state index in [0.29, 0.717) is 6.61 Å². The van der Waals surface area contributed by atoms with Crippen LogP contribution in [0, 0.1) is 0 Å². The molecule has 112 valence electrons. The van der Waals surface area contributed by atoms with Crippen molar-refractivity contribution in [1.29, 1.82) is 0 Å². The molecule has 6 heteroatoms. The van der Waals surface area contributed by atoms with Crippen molar-refractivity contribution in [3.63, 3.8) is 0 Å². The van der Waals surface area contributed by atoms with E-state index in [1.165, 1.54) is 6.33 Å². The third-order valence-corrected chi connectivity index (χ3v) is 2.86. The second-order valence-electron chi connectivity index (χ2n) is 4.41. The van der Waals surface area contributed by atoms with E-state index in [0.717, 1.165) is 17.9 Å². The lowest BCUT2D eigenvalue weighted by Crippen LogP contribution is -2.09. The quantitative estimate of drug-likeness (QED) is 0.826. The first kappa shape index (κ1) is 14.9. The average molecular weight is 289 g/mol. The van der Waals surface area contributed by atoms with Crippen LogP contribution in [0.2, 0.25) is 0 Å². The molecule has 6 nitrogen and oxygen atoms in total. The number of ether oxygens (including phenoxy) is 2. The van der Waals surface area contributed by atoms with Crippen molar-refractivity contribution < 1.29 is 14.3 Å². The number of hydrogen-bond donors (Lipinski definition) is 1. The Balaban J connectivity index is 2.20. The minimum Gasteiger partial charge on any atom is -0.494 e. The molecule has 0 aliphatic heterocycles. The van der Waals surface area contributed by atoms with Crippen LogP contribution in [0.5, 0.6) is 5.75 Å². The van der Waals surface area contributed by atoms with Crippen molar-refractivity contribution in [2.75, 3.05) is 18.9 Å². The van der Waals surface area contributed by atoms with Crippen molar-refractivity contribution in [2.45, 2.75) is 20.3 Å². The Morgan fingerprint density at radius 2 is 2.00 bits per heavy atom. The van der Waals surface area contributed by atoms with Gasteiger partial charge in [-0.3, -0.25) is 4.57 Å². The number of aromatic nitrogens is 2. The summed E-state index contributed by atoms with van der Waals surface area (Å²) in [7, 11) is 0. The summed E-state index contributed by atoms with van der Waals surface area (Å²) in [6.07, 6.45) is 2.46. The summed E-state index contributed by atoms with van der Waals surface area (Å²) < 4.78 is 12.1. The molecule has 1 aromatic heterocycles. The van der Waals surface area contributed by atoms with Crippen molar-refractivity contribution in [2.24, 2.45) is 0 Å². The highest BCUT2D eigenvalue weighted by molar-refractivity contribution is 5.92. The number of imidazole rings is 1. The predicted molar refractivity (Wildman–Crippen MR) is 79.7 cm³/mol. The molecule has 0 saturated carbocycles. The molecular formula is C15H19N3O3. The van der Waals surface area contributed by atoms with Crippen LogP contribution in [0.3, 0.4) is 0 Å². The molecule has 0 radical (unpaired) electrons. The second-order valence-corrected chi connectivity index (χ2v) is 4.41. The second kappa shape index (κ2) is 6.78. The third kappa shape index (κ3) is 3.34. The molecule has 0 atom stereocenters. The predicted octanol–water partition coefficient (Wildman–Crippen LogP) is 2.42. The Morgan fingerprint density at radius 3 is 2.62 bits per heavy atom. The molecule has 0 unspecified atom stereocenters. The number of carbonyl (C=O) groups excluding carboxylic acids is 1. The largest absolute Gasteiger partial charge is 0.494 e. The van der Waals surface area contributed by atoms with Gasteiger partial charge in [0.1, 0.15) is 17.9 Å². The molecular weight excluding hydrogens is 270 g/mol. The minimum absolute atomic E-state index is 0.128. The van der Waals surface area contributed by atoms with E-state index >= 15 is 0 Å². The molecule has 1 heterocycles. The maximum Gasteiger partial charge on any atom is 0.360 e. The van der Waals surface area contributed by atoms with Gasteiger partial charge in [-0.05, 0) is 37.6 Å². The maximum absolute atomic E-state index is 11.7. The fourth-order valence-electron chi connectivity index (χ4n) is 1.84.